The number of carbonyl (C=O) groups is 1. The van der Waals surface area contributed by atoms with Gasteiger partial charge in [-0.05, 0) is 49.1 Å². The normalized spacial score (nSPS) is 23.1. The molecule has 1 aromatic carbocycles. The van der Waals surface area contributed by atoms with Gasteiger partial charge >= 0.3 is 0 Å². The van der Waals surface area contributed by atoms with E-state index in [1.165, 1.54) is 12.1 Å². The summed E-state index contributed by atoms with van der Waals surface area (Å²) < 4.78 is 13.9. The van der Waals surface area contributed by atoms with Crippen LogP contribution in [0.4, 0.5) is 4.39 Å². The second kappa shape index (κ2) is 6.48. The number of hydrogen-bond donors (Lipinski definition) is 2. The molecule has 0 aliphatic carbocycles. The molecule has 1 aromatic rings. The maximum absolute atomic E-state index is 13.1. The van der Waals surface area contributed by atoms with Crippen molar-refractivity contribution in [2.24, 2.45) is 5.92 Å². The van der Waals surface area contributed by atoms with Crippen LogP contribution in [0.5, 0.6) is 0 Å². The smallest absolute Gasteiger partial charge is 0.237 e. The van der Waals surface area contributed by atoms with E-state index >= 15 is 0 Å². The summed E-state index contributed by atoms with van der Waals surface area (Å²) in [5.74, 6) is 0.262. The van der Waals surface area contributed by atoms with Crippen LogP contribution in [0, 0.1) is 11.7 Å². The van der Waals surface area contributed by atoms with E-state index in [1.807, 2.05) is 0 Å². The third-order valence-electron chi connectivity index (χ3n) is 3.44. The molecule has 1 saturated heterocycles. The molecule has 1 aliphatic rings. The first-order valence-electron chi connectivity index (χ1n) is 6.51. The van der Waals surface area contributed by atoms with Crippen molar-refractivity contribution in [3.63, 3.8) is 0 Å². The van der Waals surface area contributed by atoms with Crippen molar-refractivity contribution in [3.05, 3.63) is 34.1 Å². The number of rotatable bonds is 3. The third-order valence-corrected chi connectivity index (χ3v) is 4.22. The highest BCUT2D eigenvalue weighted by atomic mass is 79.9. The first-order valence-corrected chi connectivity index (χ1v) is 7.30. The van der Waals surface area contributed by atoms with Gasteiger partial charge in [0.1, 0.15) is 5.82 Å². The fraction of sp³-hybridized carbons (Fsp3) is 0.500. The molecule has 2 unspecified atom stereocenters. The van der Waals surface area contributed by atoms with Crippen LogP contribution in [0.25, 0.3) is 0 Å². The number of hydrogen-bond acceptors (Lipinski definition) is 2. The van der Waals surface area contributed by atoms with Crippen molar-refractivity contribution >= 4 is 21.8 Å². The Balaban J connectivity index is 1.91. The molecule has 1 amide bonds. The average Bonchev–Trinajstić information content (AvgIpc) is 2.39. The van der Waals surface area contributed by atoms with Gasteiger partial charge < -0.3 is 10.6 Å². The molecule has 104 valence electrons. The van der Waals surface area contributed by atoms with Gasteiger partial charge in [0.15, 0.2) is 0 Å². The number of carbonyl (C=O) groups excluding carboxylic acids is 1. The van der Waals surface area contributed by atoms with Gasteiger partial charge in [-0.15, -0.1) is 0 Å². The topological polar surface area (TPSA) is 41.1 Å². The molecular formula is C14H18BrFN2O. The van der Waals surface area contributed by atoms with Crippen LogP contribution < -0.4 is 10.6 Å². The third kappa shape index (κ3) is 4.01. The molecule has 2 atom stereocenters. The lowest BCUT2D eigenvalue weighted by Crippen LogP contribution is -2.48. The molecular weight excluding hydrogens is 311 g/mol. The van der Waals surface area contributed by atoms with Crippen molar-refractivity contribution in [1.29, 1.82) is 0 Å². The standard InChI is InChI=1S/C14H18BrFN2O/c1-9-4-5-17-13(6-9)14(19)18-8-10-7-11(16)2-3-12(10)15/h2-3,7,9,13,17H,4-6,8H2,1H3,(H,18,19). The molecule has 0 saturated carbocycles. The minimum absolute atomic E-state index is 0.0114. The Hall–Kier alpha value is -0.940. The largest absolute Gasteiger partial charge is 0.351 e. The molecule has 0 radical (unpaired) electrons. The molecule has 0 bridgehead atoms. The van der Waals surface area contributed by atoms with E-state index in [-0.39, 0.29) is 17.8 Å². The summed E-state index contributed by atoms with van der Waals surface area (Å²) in [6, 6.07) is 4.34. The monoisotopic (exact) mass is 328 g/mol. The molecule has 5 heteroatoms. The zero-order valence-electron chi connectivity index (χ0n) is 10.9. The van der Waals surface area contributed by atoms with Gasteiger partial charge in [0, 0.05) is 11.0 Å². The molecule has 2 rings (SSSR count). The summed E-state index contributed by atoms with van der Waals surface area (Å²) in [4.78, 5) is 12.0. The van der Waals surface area contributed by atoms with Crippen LogP contribution in [0.1, 0.15) is 25.3 Å². The van der Waals surface area contributed by atoms with E-state index in [4.69, 9.17) is 0 Å². The summed E-state index contributed by atoms with van der Waals surface area (Å²) >= 11 is 3.35. The SMILES string of the molecule is CC1CCNC(C(=O)NCc2cc(F)ccc2Br)C1. The first kappa shape index (κ1) is 14.5. The summed E-state index contributed by atoms with van der Waals surface area (Å²) in [6.07, 6.45) is 1.97. The highest BCUT2D eigenvalue weighted by molar-refractivity contribution is 9.10. The van der Waals surface area contributed by atoms with Gasteiger partial charge in [-0.1, -0.05) is 22.9 Å². The zero-order valence-corrected chi connectivity index (χ0v) is 12.5. The van der Waals surface area contributed by atoms with Gasteiger partial charge in [-0.2, -0.15) is 0 Å². The lowest BCUT2D eigenvalue weighted by atomic mass is 9.94. The minimum atomic E-state index is -0.295. The number of benzene rings is 1. The van der Waals surface area contributed by atoms with Crippen molar-refractivity contribution in [3.8, 4) is 0 Å². The summed E-state index contributed by atoms with van der Waals surface area (Å²) in [5, 5.41) is 6.07. The summed E-state index contributed by atoms with van der Waals surface area (Å²) in [7, 11) is 0. The van der Waals surface area contributed by atoms with E-state index in [0.29, 0.717) is 12.5 Å². The average molecular weight is 329 g/mol. The quantitative estimate of drug-likeness (QED) is 0.895. The Morgan fingerprint density at radius 2 is 2.37 bits per heavy atom. The van der Waals surface area contributed by atoms with Crippen molar-refractivity contribution in [2.45, 2.75) is 32.4 Å². The number of halogens is 2. The van der Waals surface area contributed by atoms with Gasteiger partial charge in [0.05, 0.1) is 6.04 Å². The summed E-state index contributed by atoms with van der Waals surface area (Å²) in [5.41, 5.74) is 0.747. The second-order valence-electron chi connectivity index (χ2n) is 5.09. The van der Waals surface area contributed by atoms with Gasteiger partial charge in [-0.25, -0.2) is 4.39 Å². The molecule has 1 heterocycles. The van der Waals surface area contributed by atoms with Crippen LogP contribution in [0.2, 0.25) is 0 Å². The van der Waals surface area contributed by atoms with E-state index in [0.717, 1.165) is 29.4 Å². The Kier molecular flexibility index (Phi) is 4.93. The molecule has 3 nitrogen and oxygen atoms in total. The zero-order chi connectivity index (χ0) is 13.8. The molecule has 19 heavy (non-hydrogen) atoms. The van der Waals surface area contributed by atoms with Crippen LogP contribution in [-0.4, -0.2) is 18.5 Å². The van der Waals surface area contributed by atoms with Crippen molar-refractivity contribution in [1.82, 2.24) is 10.6 Å². The van der Waals surface area contributed by atoms with E-state index < -0.39 is 0 Å². The van der Waals surface area contributed by atoms with Crippen molar-refractivity contribution < 1.29 is 9.18 Å². The fourth-order valence-corrected chi connectivity index (χ4v) is 2.68. The van der Waals surface area contributed by atoms with E-state index in [2.05, 4.69) is 33.5 Å². The maximum Gasteiger partial charge on any atom is 0.237 e. The lowest BCUT2D eigenvalue weighted by molar-refractivity contribution is -0.124. The van der Waals surface area contributed by atoms with Crippen LogP contribution in [0.3, 0.4) is 0 Å². The molecule has 1 aliphatic heterocycles. The van der Waals surface area contributed by atoms with Crippen LogP contribution in [0.15, 0.2) is 22.7 Å². The lowest BCUT2D eigenvalue weighted by Gasteiger charge is -2.27. The van der Waals surface area contributed by atoms with Crippen LogP contribution in [-0.2, 0) is 11.3 Å². The molecule has 1 fully saturated rings. The fourth-order valence-electron chi connectivity index (χ4n) is 2.29. The summed E-state index contributed by atoms with van der Waals surface area (Å²) in [6.45, 7) is 3.37. The van der Waals surface area contributed by atoms with Crippen molar-refractivity contribution in [2.75, 3.05) is 6.54 Å². The maximum atomic E-state index is 13.1. The van der Waals surface area contributed by atoms with E-state index in [9.17, 15) is 9.18 Å². The second-order valence-corrected chi connectivity index (χ2v) is 5.94. The van der Waals surface area contributed by atoms with Gasteiger partial charge in [-0.3, -0.25) is 4.79 Å². The predicted molar refractivity (Wildman–Crippen MR) is 76.1 cm³/mol. The Bertz CT molecular complexity index is 467. The van der Waals surface area contributed by atoms with Gasteiger partial charge in [0.2, 0.25) is 5.91 Å². The highest BCUT2D eigenvalue weighted by Gasteiger charge is 2.24. The number of nitrogens with one attached hydrogen (secondary N) is 2. The Morgan fingerprint density at radius 3 is 3.11 bits per heavy atom. The Labute approximate surface area is 121 Å². The molecule has 0 spiro atoms. The predicted octanol–water partition coefficient (Wildman–Crippen LogP) is 2.59. The number of amides is 1. The highest BCUT2D eigenvalue weighted by Crippen LogP contribution is 2.18. The molecule has 0 aromatic heterocycles. The minimum Gasteiger partial charge on any atom is -0.351 e. The Morgan fingerprint density at radius 1 is 1.58 bits per heavy atom. The van der Waals surface area contributed by atoms with Gasteiger partial charge in [0.25, 0.3) is 0 Å². The van der Waals surface area contributed by atoms with Crippen LogP contribution >= 0.6 is 15.9 Å². The van der Waals surface area contributed by atoms with E-state index in [1.54, 1.807) is 6.07 Å². The number of piperidine rings is 1. The molecule has 2 N–H and O–H groups in total. The first-order chi connectivity index (χ1) is 9.06.